The van der Waals surface area contributed by atoms with Gasteiger partial charge in [0.1, 0.15) is 6.04 Å². The molecule has 40 heavy (non-hydrogen) atoms. The molecule has 3 aromatic carbocycles. The number of hydrogen-bond acceptors (Lipinski definition) is 4. The van der Waals surface area contributed by atoms with Crippen LogP contribution in [0.4, 0.5) is 0 Å². The predicted molar refractivity (Wildman–Crippen MR) is 160 cm³/mol. The summed E-state index contributed by atoms with van der Waals surface area (Å²) in [6.07, 6.45) is 1.90. The quantitative estimate of drug-likeness (QED) is 0.262. The second-order valence-electron chi connectivity index (χ2n) is 9.65. The molecule has 214 valence electrons. The van der Waals surface area contributed by atoms with Gasteiger partial charge >= 0.3 is 0 Å². The average Bonchev–Trinajstić information content (AvgIpc) is 2.92. The van der Waals surface area contributed by atoms with Crippen molar-refractivity contribution in [1.29, 1.82) is 0 Å². The van der Waals surface area contributed by atoms with Crippen LogP contribution in [0.25, 0.3) is 0 Å². The normalized spacial score (nSPS) is 12.2. The van der Waals surface area contributed by atoms with E-state index in [1.54, 1.807) is 30.3 Å². The standard InChI is InChI=1S/C30H35Cl2N3O4S/c1-4-5-18-33-30(37)28(19-23-10-7-6-8-11-23)35(20-25-26(31)12-9-13-27(25)32)29(36)21-34(3)40(38,39)24-16-14-22(2)15-17-24/h6-17,28H,4-5,18-21H2,1-3H3,(H,33,37)/t28-/m1/s1. The first-order valence-electron chi connectivity index (χ1n) is 13.1. The molecule has 0 fully saturated rings. The Labute approximate surface area is 247 Å². The van der Waals surface area contributed by atoms with E-state index in [0.717, 1.165) is 28.3 Å². The number of unbranched alkanes of at least 4 members (excludes halogenated alkanes) is 1. The number of carbonyl (C=O) groups excluding carboxylic acids is 2. The number of amides is 2. The number of nitrogens with zero attached hydrogens (tertiary/aromatic N) is 2. The van der Waals surface area contributed by atoms with Crippen LogP contribution in [-0.4, -0.2) is 55.6 Å². The van der Waals surface area contributed by atoms with Crippen molar-refractivity contribution < 1.29 is 18.0 Å². The van der Waals surface area contributed by atoms with Gasteiger partial charge in [0.2, 0.25) is 21.8 Å². The van der Waals surface area contributed by atoms with Gasteiger partial charge in [-0.15, -0.1) is 0 Å². The van der Waals surface area contributed by atoms with Crippen LogP contribution in [0, 0.1) is 6.92 Å². The third-order valence-electron chi connectivity index (χ3n) is 6.58. The third kappa shape index (κ3) is 8.30. The number of rotatable bonds is 13. The predicted octanol–water partition coefficient (Wildman–Crippen LogP) is 5.48. The first-order chi connectivity index (χ1) is 19.0. The minimum atomic E-state index is -3.96. The van der Waals surface area contributed by atoms with Crippen LogP contribution >= 0.6 is 23.2 Å². The maximum absolute atomic E-state index is 13.9. The van der Waals surface area contributed by atoms with E-state index < -0.39 is 28.5 Å². The van der Waals surface area contributed by atoms with Crippen molar-refractivity contribution in [3.63, 3.8) is 0 Å². The summed E-state index contributed by atoms with van der Waals surface area (Å²) in [6, 6.07) is 19.8. The van der Waals surface area contributed by atoms with E-state index in [-0.39, 0.29) is 23.8 Å². The number of sulfonamides is 1. The second-order valence-corrected chi connectivity index (χ2v) is 12.5. The summed E-state index contributed by atoms with van der Waals surface area (Å²) >= 11 is 12.9. The Morgan fingerprint density at radius 2 is 1.55 bits per heavy atom. The summed E-state index contributed by atoms with van der Waals surface area (Å²) in [4.78, 5) is 28.9. The highest BCUT2D eigenvalue weighted by Crippen LogP contribution is 2.27. The fraction of sp³-hybridized carbons (Fsp3) is 0.333. The first-order valence-corrected chi connectivity index (χ1v) is 15.3. The molecular formula is C30H35Cl2N3O4S. The molecule has 1 N–H and O–H groups in total. The van der Waals surface area contributed by atoms with Gasteiger partial charge in [0.15, 0.2) is 0 Å². The SMILES string of the molecule is CCCCNC(=O)[C@@H](Cc1ccccc1)N(Cc1c(Cl)cccc1Cl)C(=O)CN(C)S(=O)(=O)c1ccc(C)cc1. The van der Waals surface area contributed by atoms with Gasteiger partial charge in [-0.2, -0.15) is 4.31 Å². The Balaban J connectivity index is 2.00. The van der Waals surface area contributed by atoms with Crippen LogP contribution in [0.3, 0.4) is 0 Å². The minimum absolute atomic E-state index is 0.0749. The summed E-state index contributed by atoms with van der Waals surface area (Å²) in [6.45, 7) is 3.78. The Kier molecular flexibility index (Phi) is 11.6. The van der Waals surface area contributed by atoms with E-state index in [2.05, 4.69) is 5.32 Å². The molecule has 0 spiro atoms. The van der Waals surface area contributed by atoms with E-state index in [0.29, 0.717) is 22.2 Å². The number of benzene rings is 3. The molecule has 7 nitrogen and oxygen atoms in total. The molecule has 0 aliphatic carbocycles. The van der Waals surface area contributed by atoms with E-state index in [1.807, 2.05) is 44.2 Å². The van der Waals surface area contributed by atoms with Crippen LogP contribution in [0.2, 0.25) is 10.0 Å². The number of halogens is 2. The molecule has 0 saturated heterocycles. The highest BCUT2D eigenvalue weighted by molar-refractivity contribution is 7.89. The summed E-state index contributed by atoms with van der Waals surface area (Å²) in [5.74, 6) is -0.890. The van der Waals surface area contributed by atoms with Gasteiger partial charge in [-0.05, 0) is 43.2 Å². The molecule has 0 radical (unpaired) electrons. The highest BCUT2D eigenvalue weighted by Gasteiger charge is 2.33. The van der Waals surface area contributed by atoms with Crippen molar-refractivity contribution in [3.05, 3.63) is 99.5 Å². The van der Waals surface area contributed by atoms with E-state index >= 15 is 0 Å². The van der Waals surface area contributed by atoms with Crippen LogP contribution in [0.5, 0.6) is 0 Å². The number of hydrogen-bond donors (Lipinski definition) is 1. The maximum Gasteiger partial charge on any atom is 0.243 e. The minimum Gasteiger partial charge on any atom is -0.354 e. The Morgan fingerprint density at radius 1 is 0.925 bits per heavy atom. The maximum atomic E-state index is 13.9. The molecule has 0 aliphatic rings. The van der Waals surface area contributed by atoms with Gasteiger partial charge < -0.3 is 10.2 Å². The second kappa shape index (κ2) is 14.6. The number of carbonyl (C=O) groups is 2. The highest BCUT2D eigenvalue weighted by atomic mass is 35.5. The van der Waals surface area contributed by atoms with Crippen LogP contribution in [-0.2, 0) is 32.6 Å². The summed E-state index contributed by atoms with van der Waals surface area (Å²) < 4.78 is 27.5. The van der Waals surface area contributed by atoms with Gasteiger partial charge in [0, 0.05) is 42.2 Å². The molecule has 10 heteroatoms. The number of aryl methyl sites for hydroxylation is 1. The summed E-state index contributed by atoms with van der Waals surface area (Å²) in [5.41, 5.74) is 2.24. The monoisotopic (exact) mass is 603 g/mol. The van der Waals surface area contributed by atoms with Gasteiger partial charge in [-0.3, -0.25) is 9.59 Å². The lowest BCUT2D eigenvalue weighted by atomic mass is 10.0. The van der Waals surface area contributed by atoms with Crippen LogP contribution in [0.1, 0.15) is 36.5 Å². The lowest BCUT2D eigenvalue weighted by molar-refractivity contribution is -0.141. The Hall–Kier alpha value is -2.91. The smallest absolute Gasteiger partial charge is 0.243 e. The van der Waals surface area contributed by atoms with Crippen molar-refractivity contribution >= 4 is 45.0 Å². The van der Waals surface area contributed by atoms with Gasteiger partial charge in [-0.25, -0.2) is 8.42 Å². The fourth-order valence-electron chi connectivity index (χ4n) is 4.17. The summed E-state index contributed by atoms with van der Waals surface area (Å²) in [7, 11) is -2.61. The number of nitrogens with one attached hydrogen (secondary N) is 1. The molecule has 0 saturated carbocycles. The van der Waals surface area contributed by atoms with Gasteiger partial charge in [0.05, 0.1) is 11.4 Å². The van der Waals surface area contributed by atoms with Crippen molar-refractivity contribution in [3.8, 4) is 0 Å². The van der Waals surface area contributed by atoms with Crippen molar-refractivity contribution in [1.82, 2.24) is 14.5 Å². The molecule has 0 bridgehead atoms. The zero-order valence-electron chi connectivity index (χ0n) is 22.9. The van der Waals surface area contributed by atoms with Crippen molar-refractivity contribution in [2.45, 2.75) is 50.6 Å². The molecule has 0 aromatic heterocycles. The molecule has 0 unspecified atom stereocenters. The van der Waals surface area contributed by atoms with Crippen molar-refractivity contribution in [2.75, 3.05) is 20.1 Å². The van der Waals surface area contributed by atoms with Gasteiger partial charge in [-0.1, -0.05) is 90.6 Å². The van der Waals surface area contributed by atoms with Crippen LogP contribution < -0.4 is 5.32 Å². The zero-order chi connectivity index (χ0) is 29.3. The third-order valence-corrected chi connectivity index (χ3v) is 9.10. The lowest BCUT2D eigenvalue weighted by Crippen LogP contribution is -2.53. The molecule has 3 rings (SSSR count). The molecule has 3 aromatic rings. The van der Waals surface area contributed by atoms with E-state index in [1.165, 1.54) is 24.1 Å². The largest absolute Gasteiger partial charge is 0.354 e. The molecular weight excluding hydrogens is 569 g/mol. The topological polar surface area (TPSA) is 86.8 Å². The summed E-state index contributed by atoms with van der Waals surface area (Å²) in [5, 5.41) is 3.62. The van der Waals surface area contributed by atoms with E-state index in [9.17, 15) is 18.0 Å². The Bertz CT molecular complexity index is 1380. The average molecular weight is 605 g/mol. The van der Waals surface area contributed by atoms with Crippen LogP contribution in [0.15, 0.2) is 77.7 Å². The van der Waals surface area contributed by atoms with E-state index in [4.69, 9.17) is 23.2 Å². The molecule has 0 heterocycles. The zero-order valence-corrected chi connectivity index (χ0v) is 25.3. The fourth-order valence-corrected chi connectivity index (χ4v) is 5.81. The number of likely N-dealkylation sites (N-methyl/N-ethyl adjacent to an activating group) is 1. The molecule has 0 aliphatic heterocycles. The van der Waals surface area contributed by atoms with Gasteiger partial charge in [0.25, 0.3) is 0 Å². The molecule has 1 atom stereocenters. The molecule has 2 amide bonds. The Morgan fingerprint density at radius 3 is 2.15 bits per heavy atom. The van der Waals surface area contributed by atoms with Crippen molar-refractivity contribution in [2.24, 2.45) is 0 Å². The lowest BCUT2D eigenvalue weighted by Gasteiger charge is -2.33. The first kappa shape index (κ1) is 31.6.